The average Bonchev–Trinajstić information content (AvgIpc) is 2.30. The molecule has 0 bridgehead atoms. The molecule has 1 radical (unpaired) electrons. The number of hydrogen-bond acceptors (Lipinski definition) is 0. The molecule has 0 aliphatic rings. The van der Waals surface area contributed by atoms with Crippen LogP contribution in [0.3, 0.4) is 0 Å². The van der Waals surface area contributed by atoms with Gasteiger partial charge in [0.1, 0.15) is 0 Å². The molecule has 0 nitrogen and oxygen atoms in total. The zero-order valence-corrected chi connectivity index (χ0v) is 8.33. The molecule has 0 aliphatic heterocycles. The highest BCUT2D eigenvalue weighted by Crippen LogP contribution is 2.23. The van der Waals surface area contributed by atoms with Crippen molar-refractivity contribution < 1.29 is 0 Å². The molecule has 69 valence electrons. The van der Waals surface area contributed by atoms with E-state index in [1.165, 1.54) is 16.7 Å². The van der Waals surface area contributed by atoms with Crippen LogP contribution in [0.4, 0.5) is 0 Å². The first-order valence-corrected chi connectivity index (χ1v) is 4.96. The number of hydrogen-bond donors (Lipinski definition) is 0. The van der Waals surface area contributed by atoms with E-state index in [4.69, 9.17) is 0 Å². The second kappa shape index (κ2) is 4.10. The van der Waals surface area contributed by atoms with Crippen molar-refractivity contribution in [2.45, 2.75) is 13.3 Å². The third-order valence-electron chi connectivity index (χ3n) is 2.42. The molecule has 0 fully saturated rings. The van der Waals surface area contributed by atoms with Crippen molar-refractivity contribution in [1.29, 1.82) is 0 Å². The van der Waals surface area contributed by atoms with Gasteiger partial charge in [-0.15, -0.1) is 0 Å². The van der Waals surface area contributed by atoms with E-state index in [9.17, 15) is 0 Å². The van der Waals surface area contributed by atoms with E-state index in [1.807, 2.05) is 12.1 Å². The minimum absolute atomic E-state index is 1.07. The second-order valence-corrected chi connectivity index (χ2v) is 3.30. The maximum absolute atomic E-state index is 3.13. The summed E-state index contributed by atoms with van der Waals surface area (Å²) in [6, 6.07) is 19.8. The smallest absolute Gasteiger partial charge is 0.0146 e. The summed E-state index contributed by atoms with van der Waals surface area (Å²) >= 11 is 0. The fourth-order valence-electron chi connectivity index (χ4n) is 1.66. The first-order valence-electron chi connectivity index (χ1n) is 4.96. The molecule has 14 heavy (non-hydrogen) atoms. The van der Waals surface area contributed by atoms with Gasteiger partial charge in [-0.05, 0) is 35.2 Å². The van der Waals surface area contributed by atoms with E-state index in [-0.39, 0.29) is 0 Å². The molecule has 2 rings (SSSR count). The summed E-state index contributed by atoms with van der Waals surface area (Å²) in [5.74, 6) is 0. The van der Waals surface area contributed by atoms with Crippen molar-refractivity contribution in [3.8, 4) is 11.1 Å². The normalized spacial score (nSPS) is 10.1. The summed E-state index contributed by atoms with van der Waals surface area (Å²) in [6.07, 6.45) is 1.07. The molecule has 0 N–H and O–H groups in total. The van der Waals surface area contributed by atoms with Gasteiger partial charge in [-0.25, -0.2) is 0 Å². The molecule has 0 saturated heterocycles. The van der Waals surface area contributed by atoms with Gasteiger partial charge in [-0.1, -0.05) is 49.4 Å². The Balaban J connectivity index is 2.51. The Morgan fingerprint density at radius 3 is 2.57 bits per heavy atom. The van der Waals surface area contributed by atoms with Crippen molar-refractivity contribution in [1.82, 2.24) is 0 Å². The minimum Gasteiger partial charge on any atom is -0.0622 e. The lowest BCUT2D eigenvalue weighted by Crippen LogP contribution is -1.86. The molecule has 0 heteroatoms. The van der Waals surface area contributed by atoms with E-state index < -0.39 is 0 Å². The fraction of sp³-hybridized carbons (Fsp3) is 0.143. The fourth-order valence-corrected chi connectivity index (χ4v) is 1.66. The van der Waals surface area contributed by atoms with E-state index >= 15 is 0 Å². The zero-order valence-electron chi connectivity index (χ0n) is 8.33. The van der Waals surface area contributed by atoms with Crippen LogP contribution < -0.4 is 0 Å². The zero-order chi connectivity index (χ0) is 9.80. The van der Waals surface area contributed by atoms with Crippen molar-refractivity contribution in [2.75, 3.05) is 0 Å². The van der Waals surface area contributed by atoms with Crippen molar-refractivity contribution >= 4 is 0 Å². The van der Waals surface area contributed by atoms with Gasteiger partial charge in [-0.3, -0.25) is 0 Å². The first kappa shape index (κ1) is 9.01. The van der Waals surface area contributed by atoms with Crippen LogP contribution in [0.15, 0.2) is 48.5 Å². The van der Waals surface area contributed by atoms with Crippen LogP contribution in [0.5, 0.6) is 0 Å². The summed E-state index contributed by atoms with van der Waals surface area (Å²) in [4.78, 5) is 0. The van der Waals surface area contributed by atoms with Gasteiger partial charge in [-0.2, -0.15) is 0 Å². The first-order chi connectivity index (χ1) is 6.92. The molecular weight excluding hydrogens is 168 g/mol. The Morgan fingerprint density at radius 1 is 1.07 bits per heavy atom. The minimum atomic E-state index is 1.07. The van der Waals surface area contributed by atoms with E-state index in [2.05, 4.69) is 49.4 Å². The molecule has 0 aromatic heterocycles. The molecule has 0 unspecified atom stereocenters. The lowest BCUT2D eigenvalue weighted by Gasteiger charge is -2.06. The van der Waals surface area contributed by atoms with Crippen LogP contribution in [0.2, 0.25) is 0 Å². The highest BCUT2D eigenvalue weighted by atomic mass is 14.0. The summed E-state index contributed by atoms with van der Waals surface area (Å²) < 4.78 is 0. The van der Waals surface area contributed by atoms with Gasteiger partial charge >= 0.3 is 0 Å². The van der Waals surface area contributed by atoms with Crippen molar-refractivity contribution in [2.24, 2.45) is 0 Å². The topological polar surface area (TPSA) is 0 Å². The summed E-state index contributed by atoms with van der Waals surface area (Å²) in [7, 11) is 0. The Kier molecular flexibility index (Phi) is 2.64. The molecule has 0 spiro atoms. The number of benzene rings is 2. The Hall–Kier alpha value is -1.56. The predicted octanol–water partition coefficient (Wildman–Crippen LogP) is 3.72. The van der Waals surface area contributed by atoms with Crippen LogP contribution in [0.1, 0.15) is 12.5 Å². The van der Waals surface area contributed by atoms with Crippen LogP contribution in [0.25, 0.3) is 11.1 Å². The van der Waals surface area contributed by atoms with Crippen LogP contribution in [0, 0.1) is 6.07 Å². The molecule has 0 heterocycles. The molecular formula is C14H13. The summed E-state index contributed by atoms with van der Waals surface area (Å²) in [5.41, 5.74) is 3.96. The lowest BCUT2D eigenvalue weighted by atomic mass is 9.98. The standard InChI is InChI=1S/C14H13/c1-2-12-8-6-7-11-14(12)13-9-4-3-5-10-13/h3-6,8-11H,2H2,1H3. The third kappa shape index (κ3) is 1.69. The quantitative estimate of drug-likeness (QED) is 0.662. The van der Waals surface area contributed by atoms with Gasteiger partial charge < -0.3 is 0 Å². The van der Waals surface area contributed by atoms with Gasteiger partial charge in [0, 0.05) is 0 Å². The second-order valence-electron chi connectivity index (χ2n) is 3.30. The maximum Gasteiger partial charge on any atom is -0.0146 e. The molecule has 0 amide bonds. The highest BCUT2D eigenvalue weighted by molar-refractivity contribution is 5.66. The average molecular weight is 181 g/mol. The van der Waals surface area contributed by atoms with Crippen LogP contribution in [-0.4, -0.2) is 0 Å². The van der Waals surface area contributed by atoms with Crippen molar-refractivity contribution in [3.05, 3.63) is 60.2 Å². The summed E-state index contributed by atoms with van der Waals surface area (Å²) in [5, 5.41) is 0. The van der Waals surface area contributed by atoms with Gasteiger partial charge in [0.25, 0.3) is 0 Å². The van der Waals surface area contributed by atoms with E-state index in [0.29, 0.717) is 0 Å². The van der Waals surface area contributed by atoms with E-state index in [1.54, 1.807) is 0 Å². The van der Waals surface area contributed by atoms with Crippen molar-refractivity contribution in [3.63, 3.8) is 0 Å². The molecule has 0 aliphatic carbocycles. The maximum atomic E-state index is 3.13. The molecule has 2 aromatic carbocycles. The Morgan fingerprint density at radius 2 is 1.86 bits per heavy atom. The van der Waals surface area contributed by atoms with Gasteiger partial charge in [0.2, 0.25) is 0 Å². The largest absolute Gasteiger partial charge is 0.0622 e. The molecule has 2 aromatic rings. The lowest BCUT2D eigenvalue weighted by molar-refractivity contribution is 1.14. The van der Waals surface area contributed by atoms with Crippen LogP contribution in [-0.2, 0) is 6.42 Å². The highest BCUT2D eigenvalue weighted by Gasteiger charge is 2.00. The molecule has 0 atom stereocenters. The Labute approximate surface area is 85.2 Å². The van der Waals surface area contributed by atoms with Gasteiger partial charge in [0.15, 0.2) is 0 Å². The SMILES string of the molecule is CCc1cc[c]cc1-c1ccccc1. The van der Waals surface area contributed by atoms with E-state index in [0.717, 1.165) is 6.42 Å². The third-order valence-corrected chi connectivity index (χ3v) is 2.42. The Bertz CT molecular complexity index is 401. The summed E-state index contributed by atoms with van der Waals surface area (Å²) in [6.45, 7) is 2.18. The number of rotatable bonds is 2. The van der Waals surface area contributed by atoms with Gasteiger partial charge in [0.05, 0.1) is 0 Å². The predicted molar refractivity (Wildman–Crippen MR) is 60.1 cm³/mol. The molecule has 0 saturated carbocycles. The monoisotopic (exact) mass is 181 g/mol. The van der Waals surface area contributed by atoms with Crippen LogP contribution >= 0.6 is 0 Å². The number of aryl methyl sites for hydroxylation is 1.